The summed E-state index contributed by atoms with van der Waals surface area (Å²) >= 11 is 0. The predicted octanol–water partition coefficient (Wildman–Crippen LogP) is 2.75. The molecule has 0 radical (unpaired) electrons. The van der Waals surface area contributed by atoms with Crippen molar-refractivity contribution in [2.45, 2.75) is 53.6 Å². The van der Waals surface area contributed by atoms with Gasteiger partial charge in [0.15, 0.2) is 5.96 Å². The van der Waals surface area contributed by atoms with Crippen LogP contribution in [0, 0.1) is 13.8 Å². The highest BCUT2D eigenvalue weighted by Crippen LogP contribution is 2.18. The van der Waals surface area contributed by atoms with Crippen LogP contribution in [0.25, 0.3) is 0 Å². The summed E-state index contributed by atoms with van der Waals surface area (Å²) in [5, 5.41) is 7.91. The number of nitrogens with one attached hydrogen (secondary N) is 1. The van der Waals surface area contributed by atoms with E-state index < -0.39 is 0 Å². The Bertz CT molecular complexity index is 709. The average molecular weight is 346 g/mol. The molecule has 0 aromatic carbocycles. The van der Waals surface area contributed by atoms with Gasteiger partial charge in [0.1, 0.15) is 12.3 Å². The second-order valence-corrected chi connectivity index (χ2v) is 6.64. The van der Waals surface area contributed by atoms with Crippen molar-refractivity contribution in [3.63, 3.8) is 0 Å². The monoisotopic (exact) mass is 346 g/mol. The van der Waals surface area contributed by atoms with Gasteiger partial charge in [0.2, 0.25) is 5.89 Å². The standard InChI is InChI=1S/C18H30N6O/c1-8-19-18(20-9-16-21-13(4)14(5)25-16)23(6)10-15-11-24(7)22-17(15)12(2)3/h11-12H,8-10H2,1-7H3,(H,19,20). The van der Waals surface area contributed by atoms with Crippen LogP contribution in [0.15, 0.2) is 15.6 Å². The third-order valence-corrected chi connectivity index (χ3v) is 4.02. The molecule has 7 nitrogen and oxygen atoms in total. The molecule has 2 rings (SSSR count). The lowest BCUT2D eigenvalue weighted by Crippen LogP contribution is -2.38. The van der Waals surface area contributed by atoms with E-state index in [1.165, 1.54) is 5.56 Å². The fourth-order valence-corrected chi connectivity index (χ4v) is 2.71. The first kappa shape index (κ1) is 19.0. The van der Waals surface area contributed by atoms with Crippen LogP contribution in [-0.2, 0) is 20.1 Å². The van der Waals surface area contributed by atoms with Gasteiger partial charge in [-0.3, -0.25) is 4.68 Å². The van der Waals surface area contributed by atoms with Crippen molar-refractivity contribution in [1.82, 2.24) is 25.0 Å². The zero-order chi connectivity index (χ0) is 18.6. The molecule has 0 aliphatic heterocycles. The summed E-state index contributed by atoms with van der Waals surface area (Å²) in [4.78, 5) is 11.2. The van der Waals surface area contributed by atoms with Crippen LogP contribution in [0.4, 0.5) is 0 Å². The van der Waals surface area contributed by atoms with Crippen LogP contribution < -0.4 is 5.32 Å². The van der Waals surface area contributed by atoms with Crippen molar-refractivity contribution in [2.24, 2.45) is 12.0 Å². The lowest BCUT2D eigenvalue weighted by atomic mass is 10.1. The number of hydrogen-bond donors (Lipinski definition) is 1. The first-order chi connectivity index (χ1) is 11.8. The number of hydrogen-bond acceptors (Lipinski definition) is 4. The normalized spacial score (nSPS) is 12.1. The highest BCUT2D eigenvalue weighted by atomic mass is 16.4. The smallest absolute Gasteiger partial charge is 0.216 e. The van der Waals surface area contributed by atoms with E-state index in [4.69, 9.17) is 4.42 Å². The van der Waals surface area contributed by atoms with E-state index in [0.717, 1.165) is 36.2 Å². The maximum Gasteiger partial charge on any atom is 0.216 e. The van der Waals surface area contributed by atoms with Crippen molar-refractivity contribution in [1.29, 1.82) is 0 Å². The molecule has 0 spiro atoms. The number of aromatic nitrogens is 3. The van der Waals surface area contributed by atoms with Gasteiger partial charge in [-0.2, -0.15) is 5.10 Å². The van der Waals surface area contributed by atoms with Gasteiger partial charge in [-0.15, -0.1) is 0 Å². The second kappa shape index (κ2) is 8.18. The number of rotatable bonds is 6. The molecule has 0 amide bonds. The molecule has 0 fully saturated rings. The molecular formula is C18H30N6O. The molecule has 2 heterocycles. The van der Waals surface area contributed by atoms with E-state index in [0.29, 0.717) is 18.4 Å². The Kier molecular flexibility index (Phi) is 6.22. The zero-order valence-electron chi connectivity index (χ0n) is 16.4. The molecule has 138 valence electrons. The minimum Gasteiger partial charge on any atom is -0.444 e. The SMILES string of the molecule is CCNC(=NCc1nc(C)c(C)o1)N(C)Cc1cn(C)nc1C(C)C. The Balaban J connectivity index is 2.14. The van der Waals surface area contributed by atoms with E-state index in [-0.39, 0.29) is 0 Å². The van der Waals surface area contributed by atoms with Crippen molar-refractivity contribution in [3.05, 3.63) is 34.8 Å². The first-order valence-corrected chi connectivity index (χ1v) is 8.76. The molecule has 0 aliphatic rings. The minimum atomic E-state index is 0.391. The van der Waals surface area contributed by atoms with E-state index in [9.17, 15) is 0 Å². The molecule has 2 aromatic heterocycles. The summed E-state index contributed by atoms with van der Waals surface area (Å²) in [5.74, 6) is 2.71. The van der Waals surface area contributed by atoms with Crippen molar-refractivity contribution in [2.75, 3.05) is 13.6 Å². The van der Waals surface area contributed by atoms with Gasteiger partial charge >= 0.3 is 0 Å². The molecule has 1 N–H and O–H groups in total. The molecular weight excluding hydrogens is 316 g/mol. The average Bonchev–Trinajstić information content (AvgIpc) is 3.06. The van der Waals surface area contributed by atoms with Crippen LogP contribution in [0.1, 0.15) is 55.3 Å². The van der Waals surface area contributed by atoms with Crippen molar-refractivity contribution >= 4 is 5.96 Å². The van der Waals surface area contributed by atoms with Gasteiger partial charge in [-0.1, -0.05) is 13.8 Å². The molecule has 0 aliphatic carbocycles. The number of oxazole rings is 1. The number of guanidine groups is 1. The zero-order valence-corrected chi connectivity index (χ0v) is 16.4. The fraction of sp³-hybridized carbons (Fsp3) is 0.611. The lowest BCUT2D eigenvalue weighted by molar-refractivity contribution is 0.456. The van der Waals surface area contributed by atoms with Crippen LogP contribution in [0.3, 0.4) is 0 Å². The summed E-state index contributed by atoms with van der Waals surface area (Å²) < 4.78 is 7.49. The molecule has 7 heteroatoms. The third-order valence-electron chi connectivity index (χ3n) is 4.02. The van der Waals surface area contributed by atoms with E-state index in [1.54, 1.807) is 0 Å². The van der Waals surface area contributed by atoms with Crippen LogP contribution in [0.5, 0.6) is 0 Å². The fourth-order valence-electron chi connectivity index (χ4n) is 2.71. The molecule has 0 saturated carbocycles. The predicted molar refractivity (Wildman–Crippen MR) is 99.6 cm³/mol. The maximum atomic E-state index is 5.62. The third kappa shape index (κ3) is 4.84. The number of aliphatic imine (C=N–C) groups is 1. The quantitative estimate of drug-likeness (QED) is 0.643. The van der Waals surface area contributed by atoms with Crippen LogP contribution in [0.2, 0.25) is 0 Å². The van der Waals surface area contributed by atoms with Gasteiger partial charge < -0.3 is 14.6 Å². The summed E-state index contributed by atoms with van der Waals surface area (Å²) in [6.45, 7) is 12.2. The Morgan fingerprint density at radius 1 is 1.40 bits per heavy atom. The molecule has 0 bridgehead atoms. The molecule has 2 aromatic rings. The lowest BCUT2D eigenvalue weighted by Gasteiger charge is -2.22. The first-order valence-electron chi connectivity index (χ1n) is 8.76. The highest BCUT2D eigenvalue weighted by molar-refractivity contribution is 5.79. The summed E-state index contributed by atoms with van der Waals surface area (Å²) in [6, 6.07) is 0. The summed E-state index contributed by atoms with van der Waals surface area (Å²) in [6.07, 6.45) is 2.08. The second-order valence-electron chi connectivity index (χ2n) is 6.64. The number of aryl methyl sites for hydroxylation is 3. The molecule has 25 heavy (non-hydrogen) atoms. The Labute approximate surface area is 150 Å². The van der Waals surface area contributed by atoms with E-state index in [2.05, 4.69) is 52.3 Å². The van der Waals surface area contributed by atoms with E-state index in [1.807, 2.05) is 32.6 Å². The highest BCUT2D eigenvalue weighted by Gasteiger charge is 2.15. The Morgan fingerprint density at radius 3 is 2.68 bits per heavy atom. The largest absolute Gasteiger partial charge is 0.444 e. The topological polar surface area (TPSA) is 71.5 Å². The minimum absolute atomic E-state index is 0.391. The van der Waals surface area contributed by atoms with Crippen LogP contribution in [-0.4, -0.2) is 39.2 Å². The maximum absolute atomic E-state index is 5.62. The molecule has 0 saturated heterocycles. The van der Waals surface area contributed by atoms with Crippen molar-refractivity contribution in [3.8, 4) is 0 Å². The summed E-state index contributed by atoms with van der Waals surface area (Å²) in [5.41, 5.74) is 3.26. The van der Waals surface area contributed by atoms with Gasteiger partial charge in [0, 0.05) is 38.9 Å². The Hall–Kier alpha value is -2.31. The molecule has 0 unspecified atom stereocenters. The summed E-state index contributed by atoms with van der Waals surface area (Å²) in [7, 11) is 3.99. The number of nitrogens with zero attached hydrogens (tertiary/aromatic N) is 5. The van der Waals surface area contributed by atoms with Gasteiger partial charge in [0.05, 0.1) is 11.4 Å². The van der Waals surface area contributed by atoms with Crippen molar-refractivity contribution < 1.29 is 4.42 Å². The Morgan fingerprint density at radius 2 is 2.12 bits per heavy atom. The van der Waals surface area contributed by atoms with Gasteiger partial charge in [-0.25, -0.2) is 9.98 Å². The van der Waals surface area contributed by atoms with E-state index >= 15 is 0 Å². The van der Waals surface area contributed by atoms with Gasteiger partial charge in [0.25, 0.3) is 0 Å². The molecule has 0 atom stereocenters. The van der Waals surface area contributed by atoms with Gasteiger partial charge in [-0.05, 0) is 26.7 Å². The van der Waals surface area contributed by atoms with Crippen LogP contribution >= 0.6 is 0 Å².